The van der Waals surface area contributed by atoms with Crippen LogP contribution in [0.2, 0.25) is 0 Å². The summed E-state index contributed by atoms with van der Waals surface area (Å²) in [7, 11) is 0. The molecule has 1 saturated heterocycles. The van der Waals surface area contributed by atoms with Crippen molar-refractivity contribution in [3.05, 3.63) is 0 Å². The zero-order chi connectivity index (χ0) is 11.4. The van der Waals surface area contributed by atoms with Crippen molar-refractivity contribution in [3.8, 4) is 0 Å². The highest BCUT2D eigenvalue weighted by atomic mass is 127. The van der Waals surface area contributed by atoms with Crippen LogP contribution >= 0.6 is 23.0 Å². The van der Waals surface area contributed by atoms with Crippen LogP contribution in [0.4, 0.5) is 0 Å². The van der Waals surface area contributed by atoms with E-state index in [0.29, 0.717) is 5.06 Å². The number of halogens is 1. The largest absolute Gasteiger partial charge is 0.394 e. The number of amides is 2. The van der Waals surface area contributed by atoms with Gasteiger partial charge in [-0.1, -0.05) is 0 Å². The molecule has 0 aromatic rings. The fourth-order valence-corrected chi connectivity index (χ4v) is 1.09. The summed E-state index contributed by atoms with van der Waals surface area (Å²) >= 11 is 1.31. The molecule has 1 aliphatic rings. The summed E-state index contributed by atoms with van der Waals surface area (Å²) < 4.78 is 4.18. The molecular formula is C7H6INO6. The Bertz CT molecular complexity index is 311. The van der Waals surface area contributed by atoms with E-state index >= 15 is 0 Å². The topological polar surface area (TPSA) is 90.0 Å². The fourth-order valence-electron chi connectivity index (χ4n) is 0.937. The molecule has 0 spiro atoms. The maximum Gasteiger partial charge on any atom is 0.344 e. The fraction of sp³-hybridized carbons (Fsp3) is 0.429. The van der Waals surface area contributed by atoms with Crippen LogP contribution in [0.1, 0.15) is 19.3 Å². The molecule has 1 heterocycles. The Morgan fingerprint density at radius 3 is 2.20 bits per heavy atom. The number of rotatable bonds is 3. The number of imide groups is 1. The number of hydroxylamine groups is 2. The molecule has 0 aromatic heterocycles. The molecule has 0 saturated carbocycles. The lowest BCUT2D eigenvalue weighted by molar-refractivity contribution is -0.198. The van der Waals surface area contributed by atoms with Crippen molar-refractivity contribution < 1.29 is 27.1 Å². The summed E-state index contributed by atoms with van der Waals surface area (Å²) in [6.07, 6.45) is -0.605. The van der Waals surface area contributed by atoms with Gasteiger partial charge in [0.2, 0.25) is 0 Å². The highest BCUT2D eigenvalue weighted by molar-refractivity contribution is 14.1. The van der Waals surface area contributed by atoms with E-state index in [4.69, 9.17) is 0 Å². The second kappa shape index (κ2) is 5.05. The molecule has 15 heavy (non-hydrogen) atoms. The summed E-state index contributed by atoms with van der Waals surface area (Å²) in [4.78, 5) is 48.0. The van der Waals surface area contributed by atoms with Gasteiger partial charge in [-0.15, -0.1) is 5.06 Å². The van der Waals surface area contributed by atoms with Crippen molar-refractivity contribution in [3.63, 3.8) is 0 Å². The van der Waals surface area contributed by atoms with Crippen LogP contribution in [0.25, 0.3) is 0 Å². The second-order valence-electron chi connectivity index (χ2n) is 2.67. The molecule has 0 unspecified atom stereocenters. The number of carbonyl (C=O) groups is 4. The Kier molecular flexibility index (Phi) is 4.00. The van der Waals surface area contributed by atoms with E-state index in [0.717, 1.165) is 0 Å². The average Bonchev–Trinajstić information content (AvgIpc) is 2.49. The van der Waals surface area contributed by atoms with Crippen LogP contribution in [-0.4, -0.2) is 28.8 Å². The first-order valence-corrected chi connectivity index (χ1v) is 4.80. The lowest BCUT2D eigenvalue weighted by Crippen LogP contribution is -2.32. The molecule has 0 aromatic carbocycles. The van der Waals surface area contributed by atoms with E-state index in [1.807, 2.05) is 0 Å². The standard InChI is InChI=1S/C7H6INO6/c8-14-6(12)3-7(13)15-9-4(10)1-2-5(9)11/h1-3H2. The van der Waals surface area contributed by atoms with Crippen molar-refractivity contribution in [2.24, 2.45) is 0 Å². The average molecular weight is 327 g/mol. The Morgan fingerprint density at radius 2 is 1.73 bits per heavy atom. The van der Waals surface area contributed by atoms with Crippen LogP contribution in [0.15, 0.2) is 0 Å². The van der Waals surface area contributed by atoms with Crippen LogP contribution in [0.3, 0.4) is 0 Å². The molecule has 0 aliphatic carbocycles. The molecule has 0 radical (unpaired) electrons. The minimum Gasteiger partial charge on any atom is -0.394 e. The first-order chi connectivity index (χ1) is 7.04. The lowest BCUT2D eigenvalue weighted by atomic mass is 10.4. The number of hydrogen-bond donors (Lipinski definition) is 0. The molecule has 0 atom stereocenters. The lowest BCUT2D eigenvalue weighted by Gasteiger charge is -2.11. The molecule has 7 nitrogen and oxygen atoms in total. The van der Waals surface area contributed by atoms with Gasteiger partial charge in [-0.2, -0.15) is 0 Å². The first kappa shape index (κ1) is 11.9. The monoisotopic (exact) mass is 327 g/mol. The molecular weight excluding hydrogens is 321 g/mol. The summed E-state index contributed by atoms with van der Waals surface area (Å²) in [5, 5.41) is 0.378. The second-order valence-corrected chi connectivity index (χ2v) is 3.11. The van der Waals surface area contributed by atoms with E-state index < -0.39 is 30.2 Å². The Labute approximate surface area is 98.3 Å². The minimum atomic E-state index is -1.000. The quantitative estimate of drug-likeness (QED) is 0.408. The van der Waals surface area contributed by atoms with Crippen LogP contribution in [-0.2, 0) is 27.1 Å². The molecule has 1 rings (SSSR count). The van der Waals surface area contributed by atoms with E-state index in [-0.39, 0.29) is 12.8 Å². The molecule has 1 fully saturated rings. The third kappa shape index (κ3) is 3.15. The van der Waals surface area contributed by atoms with Crippen LogP contribution in [0, 0.1) is 0 Å². The summed E-state index contributed by atoms with van der Waals surface area (Å²) in [5.74, 6) is -2.98. The van der Waals surface area contributed by atoms with Gasteiger partial charge >= 0.3 is 11.9 Å². The van der Waals surface area contributed by atoms with Crippen molar-refractivity contribution in [1.29, 1.82) is 0 Å². The highest BCUT2D eigenvalue weighted by Gasteiger charge is 2.33. The Morgan fingerprint density at radius 1 is 1.20 bits per heavy atom. The van der Waals surface area contributed by atoms with Gasteiger partial charge in [-0.05, 0) is 0 Å². The molecule has 0 bridgehead atoms. The maximum atomic E-state index is 11.0. The van der Waals surface area contributed by atoms with Gasteiger partial charge in [0, 0.05) is 12.8 Å². The third-order valence-electron chi connectivity index (χ3n) is 1.57. The van der Waals surface area contributed by atoms with E-state index in [1.54, 1.807) is 0 Å². The smallest absolute Gasteiger partial charge is 0.344 e. The predicted molar refractivity (Wildman–Crippen MR) is 51.9 cm³/mol. The van der Waals surface area contributed by atoms with Gasteiger partial charge in [0.25, 0.3) is 11.8 Å². The predicted octanol–water partition coefficient (Wildman–Crippen LogP) is -0.123. The van der Waals surface area contributed by atoms with Gasteiger partial charge in [0.15, 0.2) is 23.0 Å². The van der Waals surface area contributed by atoms with Gasteiger partial charge < -0.3 is 7.90 Å². The normalized spacial score (nSPS) is 15.4. The van der Waals surface area contributed by atoms with E-state index in [9.17, 15) is 19.2 Å². The van der Waals surface area contributed by atoms with Gasteiger partial charge in [0.05, 0.1) is 0 Å². The third-order valence-corrected chi connectivity index (χ3v) is 2.06. The molecule has 1 aliphatic heterocycles. The molecule has 2 amide bonds. The molecule has 8 heteroatoms. The number of hydrogen-bond acceptors (Lipinski definition) is 6. The van der Waals surface area contributed by atoms with Crippen LogP contribution < -0.4 is 0 Å². The first-order valence-electron chi connectivity index (χ1n) is 3.92. The Hall–Kier alpha value is -1.19. The SMILES string of the molecule is O=C(CC(=O)ON1C(=O)CCC1=O)OI. The van der Waals surface area contributed by atoms with Crippen molar-refractivity contribution in [1.82, 2.24) is 5.06 Å². The van der Waals surface area contributed by atoms with Crippen molar-refractivity contribution >= 4 is 46.8 Å². The van der Waals surface area contributed by atoms with Gasteiger partial charge in [0.1, 0.15) is 6.42 Å². The van der Waals surface area contributed by atoms with Crippen molar-refractivity contribution in [2.45, 2.75) is 19.3 Å². The maximum absolute atomic E-state index is 11.0. The van der Waals surface area contributed by atoms with Gasteiger partial charge in [-0.25, -0.2) is 4.79 Å². The number of carbonyl (C=O) groups excluding carboxylic acids is 4. The summed E-state index contributed by atoms with van der Waals surface area (Å²) in [6.45, 7) is 0. The van der Waals surface area contributed by atoms with E-state index in [2.05, 4.69) is 7.90 Å². The highest BCUT2D eigenvalue weighted by Crippen LogP contribution is 2.12. The summed E-state index contributed by atoms with van der Waals surface area (Å²) in [6, 6.07) is 0. The van der Waals surface area contributed by atoms with Crippen molar-refractivity contribution in [2.75, 3.05) is 0 Å². The molecule has 0 N–H and O–H groups in total. The molecule has 82 valence electrons. The zero-order valence-corrected chi connectivity index (χ0v) is 9.55. The number of nitrogens with zero attached hydrogens (tertiary/aromatic N) is 1. The summed E-state index contributed by atoms with van der Waals surface area (Å²) in [5.41, 5.74) is 0. The van der Waals surface area contributed by atoms with E-state index in [1.165, 1.54) is 23.0 Å². The van der Waals surface area contributed by atoms with Gasteiger partial charge in [-0.3, -0.25) is 14.4 Å². The Balaban J connectivity index is 2.47. The zero-order valence-electron chi connectivity index (χ0n) is 7.40. The minimum absolute atomic E-state index is 0.0167. The van der Waals surface area contributed by atoms with Crippen LogP contribution in [0.5, 0.6) is 0 Å².